The topological polar surface area (TPSA) is 42.4 Å². The first-order valence-electron chi connectivity index (χ1n) is 8.70. The number of thioether (sulfide) groups is 1. The zero-order valence-electron chi connectivity index (χ0n) is 15.8. The molecular weight excluding hydrogens is 320 g/mol. The summed E-state index contributed by atoms with van der Waals surface area (Å²) in [5.74, 6) is 0. The number of likely N-dealkylation sites (tertiary alicyclic amines) is 1. The van der Waals surface area contributed by atoms with Gasteiger partial charge in [-0.2, -0.15) is 0 Å². The fraction of sp³-hybridized carbons (Fsp3) is 0.684. The Morgan fingerprint density at radius 2 is 1.96 bits per heavy atom. The van der Waals surface area contributed by atoms with Crippen molar-refractivity contribution in [3.05, 3.63) is 23.9 Å². The molecule has 2 rings (SSSR count). The molecule has 134 valence electrons. The van der Waals surface area contributed by atoms with Crippen LogP contribution in [0, 0.1) is 0 Å². The predicted octanol–water partition coefficient (Wildman–Crippen LogP) is 5.43. The lowest BCUT2D eigenvalue weighted by Crippen LogP contribution is -2.42. The normalized spacial score (nSPS) is 19.2. The van der Waals surface area contributed by atoms with E-state index in [4.69, 9.17) is 4.74 Å². The number of piperidine rings is 1. The summed E-state index contributed by atoms with van der Waals surface area (Å²) >= 11 is 1.76. The second-order valence-electron chi connectivity index (χ2n) is 8.30. The first-order chi connectivity index (χ1) is 11.1. The molecule has 2 heterocycles. The number of aromatic nitrogens is 1. The summed E-state index contributed by atoms with van der Waals surface area (Å²) in [5.41, 5.74) is 0.666. The maximum absolute atomic E-state index is 12.7. The van der Waals surface area contributed by atoms with Crippen molar-refractivity contribution in [2.24, 2.45) is 0 Å². The van der Waals surface area contributed by atoms with Crippen molar-refractivity contribution in [2.45, 2.75) is 82.2 Å². The van der Waals surface area contributed by atoms with Crippen LogP contribution in [0.4, 0.5) is 4.79 Å². The molecule has 0 aromatic carbocycles. The number of pyridine rings is 1. The number of carbonyl (C=O) groups excluding carboxylic acids is 1. The van der Waals surface area contributed by atoms with Gasteiger partial charge in [0.15, 0.2) is 0 Å². The van der Waals surface area contributed by atoms with E-state index in [1.807, 2.05) is 37.9 Å². The monoisotopic (exact) mass is 350 g/mol. The van der Waals surface area contributed by atoms with E-state index in [0.29, 0.717) is 0 Å². The van der Waals surface area contributed by atoms with Gasteiger partial charge in [0.05, 0.1) is 6.04 Å². The van der Waals surface area contributed by atoms with Gasteiger partial charge in [-0.1, -0.05) is 26.8 Å². The maximum atomic E-state index is 12.7. The standard InChI is InChI=1S/C19H30N2O2S/c1-18(2,3)23-17(22)21-13-8-7-11-15(21)14-10-9-12-20-16(14)24-19(4,5)6/h9-10,12,15H,7-8,11,13H2,1-6H3/t15-/m0/s1. The first kappa shape index (κ1) is 19.1. The molecule has 1 fully saturated rings. The van der Waals surface area contributed by atoms with Crippen LogP contribution in [-0.4, -0.2) is 32.9 Å². The molecule has 1 saturated heterocycles. The van der Waals surface area contributed by atoms with Crippen LogP contribution in [0.1, 0.15) is 72.4 Å². The van der Waals surface area contributed by atoms with Crippen molar-refractivity contribution in [3.63, 3.8) is 0 Å². The van der Waals surface area contributed by atoms with Crippen LogP contribution in [0.2, 0.25) is 0 Å². The van der Waals surface area contributed by atoms with Crippen LogP contribution in [0.15, 0.2) is 23.4 Å². The molecule has 0 saturated carbocycles. The molecular formula is C19H30N2O2S. The number of amides is 1. The number of hydrogen-bond acceptors (Lipinski definition) is 4. The summed E-state index contributed by atoms with van der Waals surface area (Å²) in [6, 6.07) is 4.12. The minimum absolute atomic E-state index is 0.0483. The van der Waals surface area contributed by atoms with Crippen molar-refractivity contribution in [3.8, 4) is 0 Å². The molecule has 4 nitrogen and oxygen atoms in total. The molecule has 0 bridgehead atoms. The lowest BCUT2D eigenvalue weighted by atomic mass is 9.97. The molecule has 0 unspecified atom stereocenters. The summed E-state index contributed by atoms with van der Waals surface area (Å²) in [4.78, 5) is 19.1. The molecule has 0 radical (unpaired) electrons. The van der Waals surface area contributed by atoms with E-state index < -0.39 is 5.60 Å². The number of rotatable bonds is 2. The molecule has 24 heavy (non-hydrogen) atoms. The Labute approximate surface area is 150 Å². The van der Waals surface area contributed by atoms with Gasteiger partial charge in [0.2, 0.25) is 0 Å². The zero-order valence-corrected chi connectivity index (χ0v) is 16.6. The zero-order chi connectivity index (χ0) is 18.0. The van der Waals surface area contributed by atoms with Gasteiger partial charge in [0, 0.05) is 23.1 Å². The Bertz CT molecular complexity index is 575. The van der Waals surface area contributed by atoms with E-state index in [-0.39, 0.29) is 16.9 Å². The second kappa shape index (κ2) is 7.34. The molecule has 0 spiro atoms. The fourth-order valence-electron chi connectivity index (χ4n) is 2.83. The second-order valence-corrected chi connectivity index (χ2v) is 10.1. The Morgan fingerprint density at radius 1 is 1.25 bits per heavy atom. The summed E-state index contributed by atoms with van der Waals surface area (Å²) < 4.78 is 5.71. The van der Waals surface area contributed by atoms with Gasteiger partial charge in [0.25, 0.3) is 0 Å². The third-order valence-electron chi connectivity index (χ3n) is 3.69. The van der Waals surface area contributed by atoms with Crippen LogP contribution in [0.25, 0.3) is 0 Å². The average molecular weight is 351 g/mol. The van der Waals surface area contributed by atoms with Gasteiger partial charge < -0.3 is 9.64 Å². The quantitative estimate of drug-likeness (QED) is 0.667. The Balaban J connectivity index is 2.29. The number of hydrogen-bond donors (Lipinski definition) is 0. The molecule has 0 aliphatic carbocycles. The van der Waals surface area contributed by atoms with E-state index in [1.54, 1.807) is 11.8 Å². The summed E-state index contributed by atoms with van der Waals surface area (Å²) in [7, 11) is 0. The van der Waals surface area contributed by atoms with Crippen molar-refractivity contribution >= 4 is 17.9 Å². The van der Waals surface area contributed by atoms with Crippen molar-refractivity contribution < 1.29 is 9.53 Å². The summed E-state index contributed by atoms with van der Waals surface area (Å²) in [6.07, 6.45) is 4.72. The highest BCUT2D eigenvalue weighted by atomic mass is 32.2. The summed E-state index contributed by atoms with van der Waals surface area (Å²) in [6.45, 7) is 13.0. The van der Waals surface area contributed by atoms with Crippen molar-refractivity contribution in [1.29, 1.82) is 0 Å². The third kappa shape index (κ3) is 5.40. The van der Waals surface area contributed by atoms with E-state index >= 15 is 0 Å². The van der Waals surface area contributed by atoms with Crippen LogP contribution in [-0.2, 0) is 4.74 Å². The van der Waals surface area contributed by atoms with E-state index in [9.17, 15) is 4.79 Å². The van der Waals surface area contributed by atoms with E-state index in [1.165, 1.54) is 0 Å². The van der Waals surface area contributed by atoms with Gasteiger partial charge in [-0.15, -0.1) is 11.8 Å². The van der Waals surface area contributed by atoms with Gasteiger partial charge in [-0.05, 0) is 46.1 Å². The SMILES string of the molecule is CC(C)(C)OC(=O)N1CCCC[C@H]1c1cccnc1SC(C)(C)C. The number of ether oxygens (including phenoxy) is 1. The molecule has 0 N–H and O–H groups in total. The van der Waals surface area contributed by atoms with Gasteiger partial charge in [-0.25, -0.2) is 9.78 Å². The smallest absolute Gasteiger partial charge is 0.410 e. The Kier molecular flexibility index (Phi) is 5.84. The minimum Gasteiger partial charge on any atom is -0.444 e. The Morgan fingerprint density at radius 3 is 2.58 bits per heavy atom. The van der Waals surface area contributed by atoms with Crippen LogP contribution in [0.5, 0.6) is 0 Å². The van der Waals surface area contributed by atoms with E-state index in [0.717, 1.165) is 36.4 Å². The third-order valence-corrected chi connectivity index (χ3v) is 4.84. The molecule has 1 aliphatic rings. The molecule has 1 aliphatic heterocycles. The largest absolute Gasteiger partial charge is 0.444 e. The molecule has 1 amide bonds. The maximum Gasteiger partial charge on any atom is 0.410 e. The van der Waals surface area contributed by atoms with Crippen LogP contribution < -0.4 is 0 Å². The van der Waals surface area contributed by atoms with Crippen molar-refractivity contribution in [2.75, 3.05) is 6.54 Å². The molecule has 1 aromatic rings. The molecule has 1 atom stereocenters. The summed E-state index contributed by atoms with van der Waals surface area (Å²) in [5, 5.41) is 1.02. The number of carbonyl (C=O) groups is 1. The number of nitrogens with zero attached hydrogens (tertiary/aromatic N) is 2. The molecule has 5 heteroatoms. The molecule has 1 aromatic heterocycles. The highest BCUT2D eigenvalue weighted by molar-refractivity contribution is 8.00. The Hall–Kier alpha value is -1.23. The lowest BCUT2D eigenvalue weighted by molar-refractivity contribution is 0.00915. The van der Waals surface area contributed by atoms with Crippen molar-refractivity contribution in [1.82, 2.24) is 9.88 Å². The van der Waals surface area contributed by atoms with Crippen LogP contribution in [0.3, 0.4) is 0 Å². The van der Waals surface area contributed by atoms with Crippen LogP contribution >= 0.6 is 11.8 Å². The predicted molar refractivity (Wildman–Crippen MR) is 99.4 cm³/mol. The average Bonchev–Trinajstić information content (AvgIpc) is 2.44. The van der Waals surface area contributed by atoms with Gasteiger partial charge in [0.1, 0.15) is 10.6 Å². The first-order valence-corrected chi connectivity index (χ1v) is 9.52. The van der Waals surface area contributed by atoms with Gasteiger partial charge >= 0.3 is 6.09 Å². The fourth-order valence-corrected chi connectivity index (χ4v) is 3.84. The highest BCUT2D eigenvalue weighted by Crippen LogP contribution is 2.40. The minimum atomic E-state index is -0.475. The highest BCUT2D eigenvalue weighted by Gasteiger charge is 2.33. The van der Waals surface area contributed by atoms with E-state index in [2.05, 4.69) is 31.8 Å². The lowest BCUT2D eigenvalue weighted by Gasteiger charge is -2.37. The van der Waals surface area contributed by atoms with Gasteiger partial charge in [-0.3, -0.25) is 0 Å².